The Morgan fingerprint density at radius 3 is 0.750 bits per heavy atom. The van der Waals surface area contributed by atoms with Gasteiger partial charge in [0.2, 0.25) is 0 Å². The van der Waals surface area contributed by atoms with Crippen molar-refractivity contribution in [2.24, 2.45) is 0 Å². The van der Waals surface area contributed by atoms with Crippen LogP contribution in [0.2, 0.25) is 0 Å². The molecule has 0 unspecified atom stereocenters. The Morgan fingerprint density at radius 2 is 0.750 bits per heavy atom. The van der Waals surface area contributed by atoms with E-state index in [1.165, 1.54) is 0 Å². The SMILES string of the molecule is [Gd+3].[O-2].[O-2].[Ti+4]. The Bertz CT molecular complexity index is 6.00. The van der Waals surface area contributed by atoms with Crippen LogP contribution >= 0.6 is 0 Å². The standard InChI is InChI=1S/Gd.2O.Ti/q+3;2*-2;+4. The minimum Gasteiger partial charge on any atom is -2.00 e. The Labute approximate surface area is 71.5 Å². The van der Waals surface area contributed by atoms with E-state index >= 15 is 0 Å². The van der Waals surface area contributed by atoms with E-state index in [9.17, 15) is 0 Å². The van der Waals surface area contributed by atoms with Crippen LogP contribution in [0.4, 0.5) is 0 Å². The van der Waals surface area contributed by atoms with Crippen molar-refractivity contribution in [3.63, 3.8) is 0 Å². The average Bonchev–Trinajstić information content (AvgIpc) is 0. The van der Waals surface area contributed by atoms with Crippen LogP contribution in [0, 0.1) is 39.9 Å². The van der Waals surface area contributed by atoms with Gasteiger partial charge in [-0.25, -0.2) is 0 Å². The third kappa shape index (κ3) is 9.03. The summed E-state index contributed by atoms with van der Waals surface area (Å²) in [6.45, 7) is 0. The van der Waals surface area contributed by atoms with Gasteiger partial charge in [0, 0.05) is 0 Å². The number of rotatable bonds is 0. The summed E-state index contributed by atoms with van der Waals surface area (Å²) in [6, 6.07) is 0. The van der Waals surface area contributed by atoms with E-state index in [0.717, 1.165) is 0 Å². The summed E-state index contributed by atoms with van der Waals surface area (Å²) in [6.07, 6.45) is 0. The van der Waals surface area contributed by atoms with Gasteiger partial charge in [-0.1, -0.05) is 0 Å². The maximum Gasteiger partial charge on any atom is 4.00 e. The minimum atomic E-state index is 0. The van der Waals surface area contributed by atoms with Gasteiger partial charge >= 0.3 is 61.7 Å². The first-order valence-corrected chi connectivity index (χ1v) is 0. The fraction of sp³-hybridized carbons (Fsp3) is 0. The molecule has 0 bridgehead atoms. The second-order valence-electron chi connectivity index (χ2n) is 0. The molecular weight excluding hydrogens is 237 g/mol. The minimum absolute atomic E-state index is 0. The van der Waals surface area contributed by atoms with Crippen LogP contribution in [0.25, 0.3) is 0 Å². The van der Waals surface area contributed by atoms with Crippen molar-refractivity contribution in [1.82, 2.24) is 0 Å². The van der Waals surface area contributed by atoms with Gasteiger partial charge in [-0.15, -0.1) is 0 Å². The molecule has 0 aliphatic rings. The molecule has 0 spiro atoms. The molecule has 21 valence electrons. The van der Waals surface area contributed by atoms with Crippen LogP contribution in [0.15, 0.2) is 0 Å². The fourth-order valence-corrected chi connectivity index (χ4v) is 0. The first-order chi connectivity index (χ1) is 0. The van der Waals surface area contributed by atoms with Gasteiger partial charge in [-0.2, -0.15) is 0 Å². The summed E-state index contributed by atoms with van der Waals surface area (Å²) in [7, 11) is 0. The first kappa shape index (κ1) is 38.2. The Balaban J connectivity index is 0. The molecule has 0 heterocycles. The summed E-state index contributed by atoms with van der Waals surface area (Å²) in [5, 5.41) is 0. The molecule has 0 saturated heterocycles. The predicted octanol–water partition coefficient (Wildman–Crippen LogP) is -0.240. The van der Waals surface area contributed by atoms with Crippen LogP contribution in [0.3, 0.4) is 0 Å². The van der Waals surface area contributed by atoms with Crippen LogP contribution in [0.5, 0.6) is 0 Å². The van der Waals surface area contributed by atoms with E-state index in [2.05, 4.69) is 0 Å². The molecule has 1 radical (unpaired) electrons. The summed E-state index contributed by atoms with van der Waals surface area (Å²) >= 11 is 0. The summed E-state index contributed by atoms with van der Waals surface area (Å²) < 4.78 is 0. The topological polar surface area (TPSA) is 57.0 Å². The van der Waals surface area contributed by atoms with Gasteiger partial charge in [0.05, 0.1) is 0 Å². The van der Waals surface area contributed by atoms with Gasteiger partial charge in [-0.05, 0) is 0 Å². The van der Waals surface area contributed by atoms with Crippen molar-refractivity contribution >= 4 is 0 Å². The van der Waals surface area contributed by atoms with Gasteiger partial charge in [-0.3, -0.25) is 0 Å². The van der Waals surface area contributed by atoms with Crippen LogP contribution in [0.1, 0.15) is 0 Å². The molecule has 0 aromatic heterocycles. The number of hydrogen-bond acceptors (Lipinski definition) is 0. The van der Waals surface area contributed by atoms with Crippen molar-refractivity contribution in [1.29, 1.82) is 0 Å². The molecule has 0 saturated carbocycles. The van der Waals surface area contributed by atoms with Gasteiger partial charge < -0.3 is 11.0 Å². The Morgan fingerprint density at radius 1 is 0.750 bits per heavy atom. The third-order valence-electron chi connectivity index (χ3n) is 0. The molecule has 0 rings (SSSR count). The predicted molar refractivity (Wildman–Crippen MR) is 1.37 cm³/mol. The van der Waals surface area contributed by atoms with Crippen LogP contribution in [-0.2, 0) is 32.7 Å². The van der Waals surface area contributed by atoms with Crippen LogP contribution in [-0.4, -0.2) is 0 Å². The molecule has 0 aromatic rings. The Hall–Kier alpha value is 1.96. The molecular formula is GdO2Ti+3. The molecule has 0 aliphatic carbocycles. The molecule has 0 N–H and O–H groups in total. The third-order valence-corrected chi connectivity index (χ3v) is 0. The molecule has 0 fully saturated rings. The van der Waals surface area contributed by atoms with E-state index in [4.69, 9.17) is 0 Å². The van der Waals surface area contributed by atoms with Crippen molar-refractivity contribution in [3.05, 3.63) is 0 Å². The smallest absolute Gasteiger partial charge is 2.00 e. The monoisotopic (exact) mass is 238 g/mol. The zero-order chi connectivity index (χ0) is 0. The first-order valence-electron chi connectivity index (χ1n) is 0. The molecule has 0 atom stereocenters. The molecule has 2 nitrogen and oxygen atoms in total. The summed E-state index contributed by atoms with van der Waals surface area (Å²) in [5.41, 5.74) is 0. The largest absolute Gasteiger partial charge is 4.00 e. The van der Waals surface area contributed by atoms with Gasteiger partial charge in [0.25, 0.3) is 0 Å². The van der Waals surface area contributed by atoms with Crippen LogP contribution < -0.4 is 0 Å². The fourth-order valence-electron chi connectivity index (χ4n) is 0. The Kier molecular flexibility index (Phi) is 193. The second-order valence-corrected chi connectivity index (χ2v) is 0. The quantitative estimate of drug-likeness (QED) is 0.522. The van der Waals surface area contributed by atoms with E-state index in [-0.39, 0.29) is 72.6 Å². The average molecular weight is 237 g/mol. The normalized spacial score (nSPS) is 0. The number of hydrogen-bond donors (Lipinski definition) is 0. The van der Waals surface area contributed by atoms with Crippen molar-refractivity contribution < 1.29 is 72.6 Å². The zero-order valence-corrected chi connectivity index (χ0v) is 5.50. The maximum absolute atomic E-state index is 0. The van der Waals surface area contributed by atoms with Crippen molar-refractivity contribution in [2.45, 2.75) is 0 Å². The maximum atomic E-state index is 0. The zero-order valence-electron chi connectivity index (χ0n) is 1.67. The summed E-state index contributed by atoms with van der Waals surface area (Å²) in [4.78, 5) is 0. The van der Waals surface area contributed by atoms with Crippen molar-refractivity contribution in [2.75, 3.05) is 0 Å². The van der Waals surface area contributed by atoms with E-state index in [0.29, 0.717) is 0 Å². The van der Waals surface area contributed by atoms with Crippen molar-refractivity contribution in [3.8, 4) is 0 Å². The van der Waals surface area contributed by atoms with E-state index in [1.807, 2.05) is 0 Å². The molecule has 4 heteroatoms. The van der Waals surface area contributed by atoms with E-state index in [1.54, 1.807) is 0 Å². The molecule has 0 aromatic carbocycles. The molecule has 0 amide bonds. The van der Waals surface area contributed by atoms with E-state index < -0.39 is 0 Å². The molecule has 4 heavy (non-hydrogen) atoms. The summed E-state index contributed by atoms with van der Waals surface area (Å²) in [5.74, 6) is 0. The van der Waals surface area contributed by atoms with Gasteiger partial charge in [0.1, 0.15) is 0 Å². The molecule has 0 aliphatic heterocycles. The van der Waals surface area contributed by atoms with Gasteiger partial charge in [0.15, 0.2) is 0 Å². The second kappa shape index (κ2) is 20.3.